The second-order valence-electron chi connectivity index (χ2n) is 10.8. The first kappa shape index (κ1) is 26.9. The van der Waals surface area contributed by atoms with Crippen molar-refractivity contribution >= 4 is 29.2 Å². The zero-order chi connectivity index (χ0) is 26.5. The van der Waals surface area contributed by atoms with Crippen molar-refractivity contribution in [1.82, 2.24) is 10.3 Å². The number of hydrogen-bond donors (Lipinski definition) is 1. The van der Waals surface area contributed by atoms with E-state index in [4.69, 9.17) is 4.74 Å². The van der Waals surface area contributed by atoms with Crippen molar-refractivity contribution in [2.45, 2.75) is 57.4 Å². The molecule has 2 heterocycles. The molecule has 2 atom stereocenters. The van der Waals surface area contributed by atoms with E-state index in [1.165, 1.54) is 6.07 Å². The highest BCUT2D eigenvalue weighted by Gasteiger charge is 2.42. The van der Waals surface area contributed by atoms with Crippen LogP contribution in [0.4, 0.5) is 4.39 Å². The minimum atomic E-state index is -0.515. The van der Waals surface area contributed by atoms with Gasteiger partial charge in [-0.05, 0) is 80.1 Å². The molecule has 2 fully saturated rings. The van der Waals surface area contributed by atoms with Gasteiger partial charge >= 0.3 is 0 Å². The summed E-state index contributed by atoms with van der Waals surface area (Å²) in [5.41, 5.74) is 0.910. The number of amides is 1. The number of hydrogen-bond acceptors (Lipinski definition) is 6. The molecule has 2 aromatic rings. The zero-order valence-electron chi connectivity index (χ0n) is 21.6. The first-order chi connectivity index (χ1) is 18.5. The van der Waals surface area contributed by atoms with Gasteiger partial charge in [0.2, 0.25) is 0 Å². The Hall–Kier alpha value is -2.74. The Bertz CT molecular complexity index is 1150. The number of nitrogens with zero attached hydrogens (tertiary/aromatic N) is 1. The summed E-state index contributed by atoms with van der Waals surface area (Å²) >= 11 is 1.92. The lowest BCUT2D eigenvalue weighted by atomic mass is 9.67. The van der Waals surface area contributed by atoms with Crippen molar-refractivity contribution in [2.24, 2.45) is 23.7 Å². The van der Waals surface area contributed by atoms with Crippen molar-refractivity contribution in [1.29, 1.82) is 0 Å². The Morgan fingerprint density at radius 3 is 2.39 bits per heavy atom. The van der Waals surface area contributed by atoms with Gasteiger partial charge in [-0.25, -0.2) is 4.39 Å². The van der Waals surface area contributed by atoms with Gasteiger partial charge in [0.1, 0.15) is 17.3 Å². The number of carbonyl (C=O) groups is 3. The molecule has 1 N–H and O–H groups in total. The molecule has 0 spiro atoms. The van der Waals surface area contributed by atoms with Crippen molar-refractivity contribution in [2.75, 3.05) is 18.1 Å². The van der Waals surface area contributed by atoms with E-state index in [0.29, 0.717) is 23.4 Å². The minimum absolute atomic E-state index is 0.0303. The molecule has 3 aliphatic rings. The fourth-order valence-corrected chi connectivity index (χ4v) is 7.53. The molecule has 6 nitrogen and oxygen atoms in total. The summed E-state index contributed by atoms with van der Waals surface area (Å²) in [5, 5.41) is 3.07. The van der Waals surface area contributed by atoms with Crippen molar-refractivity contribution in [3.8, 4) is 5.75 Å². The Balaban J connectivity index is 1.24. The molecular weight excluding hydrogens is 503 g/mol. The Morgan fingerprint density at radius 2 is 1.66 bits per heavy atom. The molecule has 1 aliphatic heterocycles. The van der Waals surface area contributed by atoms with Crippen LogP contribution in [-0.2, 0) is 16.0 Å². The number of carbonyl (C=O) groups excluding carboxylic acids is 3. The standard InChI is InChI=1S/C30H35FN2O4S/c31-21-14-26-27(32-17-21)15-24(20-10-12-38-13-11-20)30(36)25(16-28(26)34)19-6-8-22(9-7-19)33-29(35)18-37-23-4-2-1-3-5-23/h1-5,14,17,19-20,22,24-25H,6-13,15-16,18H2,(H,33,35). The van der Waals surface area contributed by atoms with Gasteiger partial charge in [0.25, 0.3) is 5.91 Å². The summed E-state index contributed by atoms with van der Waals surface area (Å²) < 4.78 is 19.6. The first-order valence-electron chi connectivity index (χ1n) is 13.7. The average molecular weight is 539 g/mol. The van der Waals surface area contributed by atoms with Crippen LogP contribution < -0.4 is 10.1 Å². The molecule has 1 saturated heterocycles. The van der Waals surface area contributed by atoms with Gasteiger partial charge in [-0.2, -0.15) is 11.8 Å². The van der Waals surface area contributed by atoms with Crippen molar-refractivity contribution in [3.05, 3.63) is 59.7 Å². The molecule has 0 radical (unpaired) electrons. The SMILES string of the molecule is O=C(COc1ccccc1)NC1CCC(C2CC(=O)c3cc(F)cnc3CC(C3CCSCC3)C2=O)CC1. The smallest absolute Gasteiger partial charge is 0.258 e. The van der Waals surface area contributed by atoms with Gasteiger partial charge < -0.3 is 10.1 Å². The molecule has 38 heavy (non-hydrogen) atoms. The summed E-state index contributed by atoms with van der Waals surface area (Å²) in [5.74, 6) is 1.89. The van der Waals surface area contributed by atoms with E-state index in [0.717, 1.165) is 56.2 Å². The third-order valence-corrected chi connectivity index (χ3v) is 9.49. The van der Waals surface area contributed by atoms with E-state index in [1.54, 1.807) is 0 Å². The van der Waals surface area contributed by atoms with Crippen molar-refractivity contribution in [3.63, 3.8) is 0 Å². The van der Waals surface area contributed by atoms with E-state index in [1.807, 2.05) is 42.1 Å². The number of Topliss-reactive ketones (excluding diaryl/α,β-unsaturated/α-hetero) is 2. The number of para-hydroxylation sites is 1. The van der Waals surface area contributed by atoms with Crippen LogP contribution in [-0.4, -0.2) is 46.6 Å². The van der Waals surface area contributed by atoms with Gasteiger partial charge in [-0.15, -0.1) is 0 Å². The molecule has 0 bridgehead atoms. The highest BCUT2D eigenvalue weighted by molar-refractivity contribution is 7.99. The van der Waals surface area contributed by atoms with E-state index in [9.17, 15) is 18.8 Å². The Morgan fingerprint density at radius 1 is 0.974 bits per heavy atom. The predicted molar refractivity (Wildman–Crippen MR) is 145 cm³/mol. The summed E-state index contributed by atoms with van der Waals surface area (Å²) in [6, 6.07) is 10.6. The van der Waals surface area contributed by atoms with Crippen LogP contribution in [0, 0.1) is 29.5 Å². The van der Waals surface area contributed by atoms with Gasteiger partial charge in [0.05, 0.1) is 11.9 Å². The highest BCUT2D eigenvalue weighted by Crippen LogP contribution is 2.41. The number of thioether (sulfide) groups is 1. The first-order valence-corrected chi connectivity index (χ1v) is 14.9. The van der Waals surface area contributed by atoms with E-state index in [2.05, 4.69) is 10.3 Å². The van der Waals surface area contributed by atoms with Crippen LogP contribution in [0.25, 0.3) is 0 Å². The molecular formula is C30H35FN2O4S. The molecule has 1 amide bonds. The number of pyridine rings is 1. The van der Waals surface area contributed by atoms with E-state index < -0.39 is 5.82 Å². The number of fused-ring (bicyclic) bond motifs is 1. The van der Waals surface area contributed by atoms with E-state index >= 15 is 0 Å². The van der Waals surface area contributed by atoms with Crippen LogP contribution in [0.2, 0.25) is 0 Å². The highest BCUT2D eigenvalue weighted by atomic mass is 32.2. The van der Waals surface area contributed by atoms with Crippen LogP contribution in [0.15, 0.2) is 42.6 Å². The Labute approximate surface area is 227 Å². The lowest BCUT2D eigenvalue weighted by Gasteiger charge is -2.38. The topological polar surface area (TPSA) is 85.4 Å². The average Bonchev–Trinajstić information content (AvgIpc) is 2.94. The molecule has 8 heteroatoms. The molecule has 202 valence electrons. The molecule has 2 unspecified atom stereocenters. The quantitative estimate of drug-likeness (QED) is 0.554. The number of aromatic nitrogens is 1. The van der Waals surface area contributed by atoms with Gasteiger partial charge in [0.15, 0.2) is 12.4 Å². The maximum atomic E-state index is 14.1. The number of ketones is 2. The van der Waals surface area contributed by atoms with Gasteiger partial charge in [-0.3, -0.25) is 19.4 Å². The van der Waals surface area contributed by atoms with Gasteiger partial charge in [-0.1, -0.05) is 18.2 Å². The second-order valence-corrected chi connectivity index (χ2v) is 12.1. The van der Waals surface area contributed by atoms with Crippen LogP contribution >= 0.6 is 11.8 Å². The predicted octanol–water partition coefficient (Wildman–Crippen LogP) is 5.05. The number of rotatable bonds is 6. The molecule has 1 aromatic carbocycles. The third kappa shape index (κ3) is 6.45. The Kier molecular flexibility index (Phi) is 8.77. The number of halogens is 1. The maximum Gasteiger partial charge on any atom is 0.258 e. The second kappa shape index (κ2) is 12.4. The van der Waals surface area contributed by atoms with Crippen LogP contribution in [0.3, 0.4) is 0 Å². The van der Waals surface area contributed by atoms with Gasteiger partial charge in [0, 0.05) is 36.3 Å². The van der Waals surface area contributed by atoms with Crippen LogP contribution in [0.1, 0.15) is 61.0 Å². The van der Waals surface area contributed by atoms with Crippen molar-refractivity contribution < 1.29 is 23.5 Å². The number of benzene rings is 1. The lowest BCUT2D eigenvalue weighted by Crippen LogP contribution is -2.43. The van der Waals surface area contributed by atoms with Crippen LogP contribution in [0.5, 0.6) is 5.75 Å². The number of nitrogens with one attached hydrogen (secondary N) is 1. The molecule has 1 aromatic heterocycles. The summed E-state index contributed by atoms with van der Waals surface area (Å²) in [6.45, 7) is -0.0368. The normalized spacial score (nSPS) is 26.7. The zero-order valence-corrected chi connectivity index (χ0v) is 22.4. The number of ether oxygens (including phenoxy) is 1. The monoisotopic (exact) mass is 538 g/mol. The molecule has 1 saturated carbocycles. The fraction of sp³-hybridized carbons (Fsp3) is 0.533. The fourth-order valence-electron chi connectivity index (χ4n) is 6.38. The largest absolute Gasteiger partial charge is 0.484 e. The molecule has 2 aliphatic carbocycles. The maximum absolute atomic E-state index is 14.1. The molecule has 5 rings (SSSR count). The summed E-state index contributed by atoms with van der Waals surface area (Å²) in [7, 11) is 0. The van der Waals surface area contributed by atoms with E-state index in [-0.39, 0.29) is 60.2 Å². The third-order valence-electron chi connectivity index (χ3n) is 8.44. The summed E-state index contributed by atoms with van der Waals surface area (Å²) in [4.78, 5) is 44.0. The minimum Gasteiger partial charge on any atom is -0.484 e. The lowest BCUT2D eigenvalue weighted by molar-refractivity contribution is -0.131. The summed E-state index contributed by atoms with van der Waals surface area (Å²) in [6.07, 6.45) is 6.73.